The van der Waals surface area contributed by atoms with Gasteiger partial charge in [0, 0.05) is 19.5 Å². The van der Waals surface area contributed by atoms with Crippen LogP contribution in [-0.4, -0.2) is 32.1 Å². The first-order chi connectivity index (χ1) is 8.77. The van der Waals surface area contributed by atoms with Gasteiger partial charge in [0.05, 0.1) is 6.04 Å². The van der Waals surface area contributed by atoms with E-state index < -0.39 is 0 Å². The maximum atomic E-state index is 12.5. The zero-order chi connectivity index (χ0) is 12.5. The largest absolute Gasteiger partial charge is 0.332 e. The molecule has 1 aromatic heterocycles. The number of hydrogen-bond acceptors (Lipinski definition) is 3. The van der Waals surface area contributed by atoms with Gasteiger partial charge in [0.2, 0.25) is 5.91 Å². The number of likely N-dealkylation sites (tertiary alicyclic amines) is 1. The monoisotopic (exact) mass is 248 g/mol. The second-order valence-electron chi connectivity index (χ2n) is 5.47. The van der Waals surface area contributed by atoms with Crippen molar-refractivity contribution in [3.63, 3.8) is 0 Å². The van der Waals surface area contributed by atoms with Crippen molar-refractivity contribution in [1.82, 2.24) is 19.7 Å². The zero-order valence-electron chi connectivity index (χ0n) is 10.9. The highest BCUT2D eigenvalue weighted by atomic mass is 16.2. The summed E-state index contributed by atoms with van der Waals surface area (Å²) in [6.07, 6.45) is 8.37. The Morgan fingerprint density at radius 2 is 2.06 bits per heavy atom. The minimum atomic E-state index is 0.144. The molecule has 0 unspecified atom stereocenters. The van der Waals surface area contributed by atoms with Crippen LogP contribution in [0, 0.1) is 5.92 Å². The third kappa shape index (κ3) is 1.91. The molecule has 0 spiro atoms. The molecule has 2 fully saturated rings. The first-order valence-electron chi connectivity index (χ1n) is 6.92. The second-order valence-corrected chi connectivity index (χ2v) is 5.47. The standard InChI is InChI=1S/C13H20N4O/c1-16-9-14-15-12(16)11-7-4-8-17(11)13(18)10-5-2-3-6-10/h9-11H,2-8H2,1H3/t11-/m1/s1. The zero-order valence-corrected chi connectivity index (χ0v) is 10.9. The first kappa shape index (κ1) is 11.7. The molecule has 1 aromatic rings. The van der Waals surface area contributed by atoms with E-state index >= 15 is 0 Å². The summed E-state index contributed by atoms with van der Waals surface area (Å²) in [6.45, 7) is 0.882. The highest BCUT2D eigenvalue weighted by Crippen LogP contribution is 2.35. The Morgan fingerprint density at radius 3 is 2.72 bits per heavy atom. The minimum Gasteiger partial charge on any atom is -0.332 e. The molecule has 98 valence electrons. The summed E-state index contributed by atoms with van der Waals surface area (Å²) >= 11 is 0. The van der Waals surface area contributed by atoms with Gasteiger partial charge in [0.25, 0.3) is 0 Å². The predicted octanol–water partition coefficient (Wildman–Crippen LogP) is 1.67. The predicted molar refractivity (Wildman–Crippen MR) is 66.6 cm³/mol. The van der Waals surface area contributed by atoms with E-state index in [9.17, 15) is 4.79 Å². The van der Waals surface area contributed by atoms with Gasteiger partial charge in [-0.3, -0.25) is 4.79 Å². The van der Waals surface area contributed by atoms with Gasteiger partial charge in [-0.2, -0.15) is 0 Å². The summed E-state index contributed by atoms with van der Waals surface area (Å²) in [5.41, 5.74) is 0. The van der Waals surface area contributed by atoms with Gasteiger partial charge in [-0.25, -0.2) is 0 Å². The fourth-order valence-corrected chi connectivity index (χ4v) is 3.30. The molecule has 5 heteroatoms. The topological polar surface area (TPSA) is 51.0 Å². The SMILES string of the molecule is Cn1cnnc1[C@H]1CCCN1C(=O)C1CCCC1. The van der Waals surface area contributed by atoms with E-state index in [1.165, 1.54) is 12.8 Å². The highest BCUT2D eigenvalue weighted by Gasteiger charge is 2.36. The molecule has 1 atom stereocenters. The molecule has 5 nitrogen and oxygen atoms in total. The smallest absolute Gasteiger partial charge is 0.226 e. The molecule has 18 heavy (non-hydrogen) atoms. The number of hydrogen-bond donors (Lipinski definition) is 0. The van der Waals surface area contributed by atoms with E-state index in [1.54, 1.807) is 6.33 Å². The summed E-state index contributed by atoms with van der Waals surface area (Å²) in [7, 11) is 1.95. The Kier molecular flexibility index (Phi) is 3.06. The average molecular weight is 248 g/mol. The number of nitrogens with zero attached hydrogens (tertiary/aromatic N) is 4. The Hall–Kier alpha value is -1.39. The number of aryl methyl sites for hydroxylation is 1. The van der Waals surface area contributed by atoms with Crippen LogP contribution >= 0.6 is 0 Å². The van der Waals surface area contributed by atoms with E-state index in [0.29, 0.717) is 5.91 Å². The highest BCUT2D eigenvalue weighted by molar-refractivity contribution is 5.79. The Morgan fingerprint density at radius 1 is 1.28 bits per heavy atom. The van der Waals surface area contributed by atoms with Gasteiger partial charge in [-0.1, -0.05) is 12.8 Å². The van der Waals surface area contributed by atoms with Crippen molar-refractivity contribution < 1.29 is 4.79 Å². The van der Waals surface area contributed by atoms with Gasteiger partial charge in [-0.05, 0) is 25.7 Å². The molecule has 1 saturated carbocycles. The molecule has 0 N–H and O–H groups in total. The van der Waals surface area contributed by atoms with Crippen LogP contribution in [0.15, 0.2) is 6.33 Å². The van der Waals surface area contributed by atoms with Crippen molar-refractivity contribution in [3.8, 4) is 0 Å². The lowest BCUT2D eigenvalue weighted by Crippen LogP contribution is -2.35. The van der Waals surface area contributed by atoms with Crippen molar-refractivity contribution in [1.29, 1.82) is 0 Å². The van der Waals surface area contributed by atoms with Crippen molar-refractivity contribution in [2.45, 2.75) is 44.6 Å². The molecular formula is C13H20N4O. The van der Waals surface area contributed by atoms with E-state index in [-0.39, 0.29) is 12.0 Å². The number of amides is 1. The van der Waals surface area contributed by atoms with Crippen molar-refractivity contribution in [2.24, 2.45) is 13.0 Å². The summed E-state index contributed by atoms with van der Waals surface area (Å²) in [6, 6.07) is 0.144. The van der Waals surface area contributed by atoms with Crippen LogP contribution in [0.5, 0.6) is 0 Å². The van der Waals surface area contributed by atoms with Gasteiger partial charge < -0.3 is 9.47 Å². The molecule has 2 heterocycles. The number of carbonyl (C=O) groups is 1. The van der Waals surface area contributed by atoms with Crippen LogP contribution in [0.4, 0.5) is 0 Å². The van der Waals surface area contributed by atoms with Gasteiger partial charge in [0.1, 0.15) is 6.33 Å². The number of rotatable bonds is 2. The van der Waals surface area contributed by atoms with Crippen molar-refractivity contribution in [2.75, 3.05) is 6.54 Å². The van der Waals surface area contributed by atoms with Crippen LogP contribution in [0.3, 0.4) is 0 Å². The van der Waals surface area contributed by atoms with Crippen LogP contribution in [-0.2, 0) is 11.8 Å². The number of carbonyl (C=O) groups excluding carboxylic acids is 1. The molecule has 1 aliphatic carbocycles. The second kappa shape index (κ2) is 4.71. The summed E-state index contributed by atoms with van der Waals surface area (Å²) < 4.78 is 1.94. The molecule has 0 bridgehead atoms. The molecule has 1 amide bonds. The summed E-state index contributed by atoms with van der Waals surface area (Å²) in [5.74, 6) is 1.54. The lowest BCUT2D eigenvalue weighted by Gasteiger charge is -2.26. The lowest BCUT2D eigenvalue weighted by atomic mass is 10.1. The van der Waals surface area contributed by atoms with Gasteiger partial charge in [-0.15, -0.1) is 10.2 Å². The Bertz CT molecular complexity index is 436. The van der Waals surface area contributed by atoms with Crippen LogP contribution in [0.2, 0.25) is 0 Å². The fraction of sp³-hybridized carbons (Fsp3) is 0.769. The minimum absolute atomic E-state index is 0.144. The van der Waals surface area contributed by atoms with Crippen molar-refractivity contribution >= 4 is 5.91 Å². The molecule has 2 aliphatic rings. The molecule has 1 saturated heterocycles. The van der Waals surface area contributed by atoms with Crippen LogP contribution < -0.4 is 0 Å². The average Bonchev–Trinajstić information content (AvgIpc) is 3.09. The Balaban J connectivity index is 1.79. The maximum Gasteiger partial charge on any atom is 0.226 e. The Labute approximate surface area is 107 Å². The third-order valence-corrected chi connectivity index (χ3v) is 4.28. The van der Waals surface area contributed by atoms with E-state index in [0.717, 1.165) is 38.1 Å². The van der Waals surface area contributed by atoms with Gasteiger partial charge in [0.15, 0.2) is 5.82 Å². The molecule has 0 radical (unpaired) electrons. The normalized spacial score (nSPS) is 24.9. The quantitative estimate of drug-likeness (QED) is 0.800. The maximum absolute atomic E-state index is 12.5. The molecule has 1 aliphatic heterocycles. The third-order valence-electron chi connectivity index (χ3n) is 4.28. The van der Waals surface area contributed by atoms with Crippen LogP contribution in [0.1, 0.15) is 50.4 Å². The molecule has 0 aromatic carbocycles. The first-order valence-corrected chi connectivity index (χ1v) is 6.92. The summed E-state index contributed by atoms with van der Waals surface area (Å²) in [4.78, 5) is 14.6. The van der Waals surface area contributed by atoms with Gasteiger partial charge >= 0.3 is 0 Å². The van der Waals surface area contributed by atoms with Crippen LogP contribution in [0.25, 0.3) is 0 Å². The molecular weight excluding hydrogens is 228 g/mol. The van der Waals surface area contributed by atoms with E-state index in [1.807, 2.05) is 16.5 Å². The van der Waals surface area contributed by atoms with Crippen molar-refractivity contribution in [3.05, 3.63) is 12.2 Å². The van der Waals surface area contributed by atoms with E-state index in [4.69, 9.17) is 0 Å². The number of aromatic nitrogens is 3. The van der Waals surface area contributed by atoms with E-state index in [2.05, 4.69) is 10.2 Å². The molecule has 3 rings (SSSR count). The summed E-state index contributed by atoms with van der Waals surface area (Å²) in [5, 5.41) is 8.11. The lowest BCUT2D eigenvalue weighted by molar-refractivity contribution is -0.136. The fourth-order valence-electron chi connectivity index (χ4n) is 3.30.